The lowest BCUT2D eigenvalue weighted by Gasteiger charge is -2.15. The summed E-state index contributed by atoms with van der Waals surface area (Å²) in [4.78, 5) is 4.29. The van der Waals surface area contributed by atoms with Crippen molar-refractivity contribution in [2.75, 3.05) is 34.4 Å². The number of benzene rings is 2. The van der Waals surface area contributed by atoms with E-state index in [0.717, 1.165) is 54.8 Å². The summed E-state index contributed by atoms with van der Waals surface area (Å²) in [6.07, 6.45) is 1.93. The number of aliphatic imine (C=N–C) groups is 1. The van der Waals surface area contributed by atoms with Gasteiger partial charge in [-0.25, -0.2) is 0 Å². The molecule has 2 N–H and O–H groups in total. The summed E-state index contributed by atoms with van der Waals surface area (Å²) < 4.78 is 16.4. The number of hydrogen-bond donors (Lipinski definition) is 2. The van der Waals surface area contributed by atoms with Crippen molar-refractivity contribution in [3.63, 3.8) is 0 Å². The Kier molecular flexibility index (Phi) is 8.69. The maximum atomic E-state index is 5.56. The fraction of sp³-hybridized carbons (Fsp3) is 0.381. The molecule has 0 bridgehead atoms. The number of para-hydroxylation sites is 1. The van der Waals surface area contributed by atoms with Crippen LogP contribution in [-0.2, 0) is 19.4 Å². The minimum Gasteiger partial charge on any atom is -0.493 e. The Bertz CT molecular complexity index is 811. The van der Waals surface area contributed by atoms with E-state index in [9.17, 15) is 0 Å². The van der Waals surface area contributed by atoms with Crippen molar-refractivity contribution >= 4 is 29.9 Å². The van der Waals surface area contributed by atoms with Crippen LogP contribution in [0.25, 0.3) is 0 Å². The minimum atomic E-state index is 0. The standard InChI is InChI=1S/C21H27N3O3.HI/c1-22-21(24-14-17-5-4-6-19(25-2)20(17)26-3)23-11-9-15-7-8-18-16(13-15)10-12-27-18;/h4-8,13H,9-12,14H2,1-3H3,(H2,22,23,24);1H. The average molecular weight is 497 g/mol. The van der Waals surface area contributed by atoms with Gasteiger partial charge in [-0.2, -0.15) is 0 Å². The summed E-state index contributed by atoms with van der Waals surface area (Å²) in [7, 11) is 5.06. The molecule has 0 fully saturated rings. The van der Waals surface area contributed by atoms with Crippen LogP contribution in [0.1, 0.15) is 16.7 Å². The van der Waals surface area contributed by atoms with Gasteiger partial charge in [0.25, 0.3) is 0 Å². The van der Waals surface area contributed by atoms with Crippen LogP contribution in [0.3, 0.4) is 0 Å². The van der Waals surface area contributed by atoms with Gasteiger partial charge in [0.2, 0.25) is 0 Å². The molecule has 2 aromatic rings. The molecule has 2 aromatic carbocycles. The lowest BCUT2D eigenvalue weighted by Crippen LogP contribution is -2.37. The molecule has 0 amide bonds. The van der Waals surface area contributed by atoms with Gasteiger partial charge in [-0.05, 0) is 29.7 Å². The second kappa shape index (κ2) is 11.0. The molecule has 0 saturated heterocycles. The van der Waals surface area contributed by atoms with Crippen molar-refractivity contribution in [2.45, 2.75) is 19.4 Å². The van der Waals surface area contributed by atoms with Gasteiger partial charge in [-0.3, -0.25) is 4.99 Å². The summed E-state index contributed by atoms with van der Waals surface area (Å²) in [5, 5.41) is 6.68. The largest absolute Gasteiger partial charge is 0.493 e. The van der Waals surface area contributed by atoms with Crippen LogP contribution in [-0.4, -0.2) is 40.4 Å². The van der Waals surface area contributed by atoms with E-state index in [1.807, 2.05) is 18.2 Å². The van der Waals surface area contributed by atoms with Crippen molar-refractivity contribution in [1.29, 1.82) is 0 Å². The fourth-order valence-corrected chi connectivity index (χ4v) is 3.21. The molecular formula is C21H28IN3O3. The van der Waals surface area contributed by atoms with Crippen molar-refractivity contribution in [3.05, 3.63) is 53.1 Å². The van der Waals surface area contributed by atoms with E-state index in [1.165, 1.54) is 11.1 Å². The van der Waals surface area contributed by atoms with Gasteiger partial charge in [-0.15, -0.1) is 24.0 Å². The van der Waals surface area contributed by atoms with E-state index >= 15 is 0 Å². The summed E-state index contributed by atoms with van der Waals surface area (Å²) in [6.45, 7) is 2.19. The van der Waals surface area contributed by atoms with Crippen molar-refractivity contribution in [2.24, 2.45) is 4.99 Å². The maximum Gasteiger partial charge on any atom is 0.191 e. The maximum absolute atomic E-state index is 5.56. The summed E-state index contributed by atoms with van der Waals surface area (Å²) >= 11 is 0. The number of guanidine groups is 1. The SMILES string of the molecule is CN=C(NCCc1ccc2c(c1)CCO2)NCc1cccc(OC)c1OC.I. The molecule has 0 saturated carbocycles. The van der Waals surface area contributed by atoms with Gasteiger partial charge in [0.05, 0.1) is 20.8 Å². The average Bonchev–Trinajstić information content (AvgIpc) is 3.17. The third-order valence-corrected chi connectivity index (χ3v) is 4.61. The highest BCUT2D eigenvalue weighted by atomic mass is 127. The highest BCUT2D eigenvalue weighted by Crippen LogP contribution is 2.30. The number of rotatable bonds is 7. The van der Waals surface area contributed by atoms with Crippen LogP contribution < -0.4 is 24.8 Å². The molecule has 0 aliphatic carbocycles. The second-order valence-electron chi connectivity index (χ2n) is 6.30. The summed E-state index contributed by atoms with van der Waals surface area (Å²) in [5.41, 5.74) is 3.62. The Labute approximate surface area is 183 Å². The number of methoxy groups -OCH3 is 2. The third-order valence-electron chi connectivity index (χ3n) is 4.61. The molecule has 6 nitrogen and oxygen atoms in total. The lowest BCUT2D eigenvalue weighted by molar-refractivity contribution is 0.351. The monoisotopic (exact) mass is 497 g/mol. The van der Waals surface area contributed by atoms with E-state index in [1.54, 1.807) is 21.3 Å². The van der Waals surface area contributed by atoms with Gasteiger partial charge >= 0.3 is 0 Å². The first-order valence-electron chi connectivity index (χ1n) is 9.14. The van der Waals surface area contributed by atoms with Crippen LogP contribution in [0.15, 0.2) is 41.4 Å². The van der Waals surface area contributed by atoms with Crippen LogP contribution in [0.4, 0.5) is 0 Å². The highest BCUT2D eigenvalue weighted by Gasteiger charge is 2.12. The van der Waals surface area contributed by atoms with E-state index in [2.05, 4.69) is 33.8 Å². The fourth-order valence-electron chi connectivity index (χ4n) is 3.21. The van der Waals surface area contributed by atoms with Gasteiger partial charge in [0.1, 0.15) is 5.75 Å². The Hall–Kier alpha value is -2.16. The van der Waals surface area contributed by atoms with Crippen molar-refractivity contribution in [3.8, 4) is 17.2 Å². The Morgan fingerprint density at radius 3 is 2.75 bits per heavy atom. The molecule has 152 valence electrons. The smallest absolute Gasteiger partial charge is 0.191 e. The number of halogens is 1. The van der Waals surface area contributed by atoms with E-state index in [-0.39, 0.29) is 24.0 Å². The molecule has 0 radical (unpaired) electrons. The Morgan fingerprint density at radius 1 is 1.14 bits per heavy atom. The van der Waals surface area contributed by atoms with Gasteiger partial charge < -0.3 is 24.8 Å². The molecule has 28 heavy (non-hydrogen) atoms. The van der Waals surface area contributed by atoms with Crippen LogP contribution in [0, 0.1) is 0 Å². The molecule has 7 heteroatoms. The Morgan fingerprint density at radius 2 is 2.00 bits per heavy atom. The molecular weight excluding hydrogens is 469 g/mol. The summed E-state index contributed by atoms with van der Waals surface area (Å²) in [6, 6.07) is 12.3. The molecule has 1 heterocycles. The third kappa shape index (κ3) is 5.43. The van der Waals surface area contributed by atoms with Gasteiger partial charge in [0, 0.05) is 32.1 Å². The number of ether oxygens (including phenoxy) is 3. The van der Waals surface area contributed by atoms with Gasteiger partial charge in [0.15, 0.2) is 17.5 Å². The molecule has 1 aliphatic heterocycles. The Balaban J connectivity index is 0.00000280. The zero-order valence-electron chi connectivity index (χ0n) is 16.6. The van der Waals surface area contributed by atoms with Crippen LogP contribution >= 0.6 is 24.0 Å². The zero-order chi connectivity index (χ0) is 19.1. The lowest BCUT2D eigenvalue weighted by atomic mass is 10.1. The number of nitrogens with zero attached hydrogens (tertiary/aromatic N) is 1. The molecule has 0 unspecified atom stereocenters. The topological polar surface area (TPSA) is 64.1 Å². The molecule has 0 spiro atoms. The highest BCUT2D eigenvalue weighted by molar-refractivity contribution is 14.0. The first-order chi connectivity index (χ1) is 13.2. The van der Waals surface area contributed by atoms with E-state index in [0.29, 0.717) is 6.54 Å². The second-order valence-corrected chi connectivity index (χ2v) is 6.30. The molecule has 3 rings (SSSR count). The predicted octanol–water partition coefficient (Wildman–Crippen LogP) is 3.16. The first-order valence-corrected chi connectivity index (χ1v) is 9.14. The van der Waals surface area contributed by atoms with Gasteiger partial charge in [-0.1, -0.05) is 24.3 Å². The quantitative estimate of drug-likeness (QED) is 0.350. The van der Waals surface area contributed by atoms with Crippen LogP contribution in [0.2, 0.25) is 0 Å². The number of hydrogen-bond acceptors (Lipinski definition) is 4. The first kappa shape index (κ1) is 22.1. The number of fused-ring (bicyclic) bond motifs is 1. The minimum absolute atomic E-state index is 0. The predicted molar refractivity (Wildman–Crippen MR) is 123 cm³/mol. The zero-order valence-corrected chi connectivity index (χ0v) is 18.9. The summed E-state index contributed by atoms with van der Waals surface area (Å²) in [5.74, 6) is 3.24. The molecule has 0 aromatic heterocycles. The van der Waals surface area contributed by atoms with Crippen LogP contribution in [0.5, 0.6) is 17.2 Å². The molecule has 1 aliphatic rings. The number of nitrogens with one attached hydrogen (secondary N) is 2. The van der Waals surface area contributed by atoms with Crippen molar-refractivity contribution < 1.29 is 14.2 Å². The van der Waals surface area contributed by atoms with E-state index < -0.39 is 0 Å². The normalized spacial score (nSPS) is 12.5. The van der Waals surface area contributed by atoms with E-state index in [4.69, 9.17) is 14.2 Å². The van der Waals surface area contributed by atoms with Crippen molar-refractivity contribution in [1.82, 2.24) is 10.6 Å². The molecule has 0 atom stereocenters.